The molecule has 0 unspecified atom stereocenters. The van der Waals surface area contributed by atoms with Gasteiger partial charge in [-0.25, -0.2) is 12.8 Å². The fraction of sp³-hybridized carbons (Fsp3) is 0.435. The minimum Gasteiger partial charge on any atom is -0.495 e. The Morgan fingerprint density at radius 3 is 2.48 bits per heavy atom. The summed E-state index contributed by atoms with van der Waals surface area (Å²) in [4.78, 5) is 14.6. The van der Waals surface area contributed by atoms with E-state index >= 15 is 0 Å². The second kappa shape index (κ2) is 8.59. The van der Waals surface area contributed by atoms with E-state index in [4.69, 9.17) is 4.74 Å². The molecule has 0 spiro atoms. The zero-order chi connectivity index (χ0) is 22.2. The highest BCUT2D eigenvalue weighted by atomic mass is 32.2. The van der Waals surface area contributed by atoms with Crippen molar-refractivity contribution >= 4 is 21.6 Å². The van der Waals surface area contributed by atoms with Gasteiger partial charge in [0.15, 0.2) is 0 Å². The van der Waals surface area contributed by atoms with Gasteiger partial charge in [0.05, 0.1) is 12.8 Å². The zero-order valence-corrected chi connectivity index (χ0v) is 18.7. The van der Waals surface area contributed by atoms with E-state index in [0.29, 0.717) is 31.1 Å². The van der Waals surface area contributed by atoms with Gasteiger partial charge in [0.2, 0.25) is 10.0 Å². The lowest BCUT2D eigenvalue weighted by Gasteiger charge is -2.32. The molecule has 4 rings (SSSR count). The molecular formula is C23H27FN2O4S. The van der Waals surface area contributed by atoms with Crippen molar-refractivity contribution in [1.82, 2.24) is 4.31 Å². The van der Waals surface area contributed by atoms with Crippen molar-refractivity contribution in [3.8, 4) is 5.75 Å². The molecule has 2 aromatic rings. The van der Waals surface area contributed by atoms with Gasteiger partial charge in [-0.2, -0.15) is 4.31 Å². The number of halogens is 1. The summed E-state index contributed by atoms with van der Waals surface area (Å²) in [5.74, 6) is -0.605. The smallest absolute Gasteiger partial charge is 0.258 e. The molecule has 2 aliphatic rings. The van der Waals surface area contributed by atoms with Crippen LogP contribution >= 0.6 is 0 Å². The second-order valence-electron chi connectivity index (χ2n) is 8.08. The first-order valence-corrected chi connectivity index (χ1v) is 12.1. The average Bonchev–Trinajstić information content (AvgIpc) is 2.79. The molecule has 0 N–H and O–H groups in total. The van der Waals surface area contributed by atoms with E-state index in [2.05, 4.69) is 0 Å². The Balaban J connectivity index is 1.74. The van der Waals surface area contributed by atoms with Gasteiger partial charge in [-0.05, 0) is 68.0 Å². The number of methoxy groups -OCH3 is 1. The fourth-order valence-corrected chi connectivity index (χ4v) is 6.06. The zero-order valence-electron chi connectivity index (χ0n) is 17.9. The van der Waals surface area contributed by atoms with E-state index in [-0.39, 0.29) is 11.5 Å². The Morgan fingerprint density at radius 1 is 1.03 bits per heavy atom. The topological polar surface area (TPSA) is 66.9 Å². The lowest BCUT2D eigenvalue weighted by atomic mass is 9.95. The van der Waals surface area contributed by atoms with E-state index in [0.717, 1.165) is 49.3 Å². The number of sulfonamides is 1. The lowest BCUT2D eigenvalue weighted by Crippen LogP contribution is -2.37. The molecule has 0 bridgehead atoms. The number of carbonyl (C=O) groups is 1. The Kier molecular flexibility index (Phi) is 6.03. The third kappa shape index (κ3) is 3.94. The standard InChI is InChI=1S/C23H27FN2O4S/c1-16-8-11-20(30-2)22-18(16)7-6-14-26(22)23(27)17-9-10-19(24)21(15-17)31(28,29)25-12-4-3-5-13-25/h8-11,15H,3-7,12-14H2,1-2H3. The first-order chi connectivity index (χ1) is 14.8. The van der Waals surface area contributed by atoms with Gasteiger partial charge < -0.3 is 9.64 Å². The average molecular weight is 447 g/mol. The number of amides is 1. The van der Waals surface area contributed by atoms with Crippen LogP contribution in [0.3, 0.4) is 0 Å². The molecule has 1 fully saturated rings. The number of benzene rings is 2. The lowest BCUT2D eigenvalue weighted by molar-refractivity contribution is 0.0984. The van der Waals surface area contributed by atoms with Crippen LogP contribution in [0.25, 0.3) is 0 Å². The molecule has 31 heavy (non-hydrogen) atoms. The molecule has 166 valence electrons. The number of carbonyl (C=O) groups excluding carboxylic acids is 1. The molecule has 1 saturated heterocycles. The van der Waals surface area contributed by atoms with Gasteiger partial charge in [0.25, 0.3) is 5.91 Å². The molecule has 1 amide bonds. The highest BCUT2D eigenvalue weighted by molar-refractivity contribution is 7.89. The van der Waals surface area contributed by atoms with E-state index in [1.54, 1.807) is 12.0 Å². The molecule has 6 nitrogen and oxygen atoms in total. The highest BCUT2D eigenvalue weighted by Gasteiger charge is 2.32. The van der Waals surface area contributed by atoms with Crippen LogP contribution < -0.4 is 9.64 Å². The molecule has 2 aliphatic heterocycles. The fourth-order valence-electron chi connectivity index (χ4n) is 4.45. The number of hydrogen-bond donors (Lipinski definition) is 0. The van der Waals surface area contributed by atoms with Crippen molar-refractivity contribution in [3.05, 3.63) is 52.8 Å². The van der Waals surface area contributed by atoms with Crippen molar-refractivity contribution in [1.29, 1.82) is 0 Å². The first-order valence-electron chi connectivity index (χ1n) is 10.6. The Labute approximate surface area is 182 Å². The maximum absolute atomic E-state index is 14.6. The van der Waals surface area contributed by atoms with Crippen molar-refractivity contribution in [3.63, 3.8) is 0 Å². The van der Waals surface area contributed by atoms with Gasteiger partial charge in [-0.15, -0.1) is 0 Å². The number of ether oxygens (including phenoxy) is 1. The summed E-state index contributed by atoms with van der Waals surface area (Å²) < 4.78 is 47.5. The van der Waals surface area contributed by atoms with E-state index in [1.165, 1.54) is 16.4 Å². The van der Waals surface area contributed by atoms with Crippen LogP contribution in [0.1, 0.15) is 47.2 Å². The summed E-state index contributed by atoms with van der Waals surface area (Å²) in [5.41, 5.74) is 2.97. The molecule has 0 aromatic heterocycles. The number of hydrogen-bond acceptors (Lipinski definition) is 4. The Hall–Kier alpha value is -2.45. The predicted molar refractivity (Wildman–Crippen MR) is 117 cm³/mol. The molecular weight excluding hydrogens is 419 g/mol. The van der Waals surface area contributed by atoms with Gasteiger partial charge in [-0.1, -0.05) is 12.5 Å². The van der Waals surface area contributed by atoms with Crippen LogP contribution in [-0.4, -0.2) is 45.4 Å². The van der Waals surface area contributed by atoms with Crippen LogP contribution in [0.2, 0.25) is 0 Å². The SMILES string of the molecule is COc1ccc(C)c2c1N(C(=O)c1ccc(F)c(S(=O)(=O)N3CCCCC3)c1)CCC2. The second-order valence-corrected chi connectivity index (χ2v) is 9.99. The van der Waals surface area contributed by atoms with Gasteiger partial charge in [-0.3, -0.25) is 4.79 Å². The predicted octanol–water partition coefficient (Wildman–Crippen LogP) is 3.91. The molecule has 0 saturated carbocycles. The van der Waals surface area contributed by atoms with E-state index in [1.807, 2.05) is 19.1 Å². The summed E-state index contributed by atoms with van der Waals surface area (Å²) in [7, 11) is -2.44. The summed E-state index contributed by atoms with van der Waals surface area (Å²) >= 11 is 0. The molecule has 2 heterocycles. The summed E-state index contributed by atoms with van der Waals surface area (Å²) in [5, 5.41) is 0. The third-order valence-corrected chi connectivity index (χ3v) is 8.05. The Bertz CT molecular complexity index is 1110. The van der Waals surface area contributed by atoms with E-state index in [9.17, 15) is 17.6 Å². The molecule has 8 heteroatoms. The van der Waals surface area contributed by atoms with Crippen molar-refractivity contribution in [2.75, 3.05) is 31.6 Å². The largest absolute Gasteiger partial charge is 0.495 e. The summed E-state index contributed by atoms with van der Waals surface area (Å²) in [6.07, 6.45) is 4.09. The highest BCUT2D eigenvalue weighted by Crippen LogP contribution is 2.39. The maximum Gasteiger partial charge on any atom is 0.258 e. The van der Waals surface area contributed by atoms with Crippen LogP contribution in [0.4, 0.5) is 10.1 Å². The molecule has 0 radical (unpaired) electrons. The molecule has 0 atom stereocenters. The quantitative estimate of drug-likeness (QED) is 0.714. The number of aryl methyl sites for hydroxylation is 1. The number of piperidine rings is 1. The van der Waals surface area contributed by atoms with Gasteiger partial charge >= 0.3 is 0 Å². The van der Waals surface area contributed by atoms with Crippen LogP contribution in [0.15, 0.2) is 35.2 Å². The van der Waals surface area contributed by atoms with Crippen molar-refractivity contribution < 1.29 is 22.3 Å². The molecule has 2 aromatic carbocycles. The van der Waals surface area contributed by atoms with Crippen molar-refractivity contribution in [2.24, 2.45) is 0 Å². The van der Waals surface area contributed by atoms with Gasteiger partial charge in [0, 0.05) is 25.2 Å². The first kappa shape index (κ1) is 21.8. The van der Waals surface area contributed by atoms with Crippen LogP contribution in [0, 0.1) is 12.7 Å². The van der Waals surface area contributed by atoms with Crippen LogP contribution in [-0.2, 0) is 16.4 Å². The number of anilines is 1. The number of rotatable bonds is 4. The minimum absolute atomic E-state index is 0.147. The van der Waals surface area contributed by atoms with E-state index < -0.39 is 20.7 Å². The van der Waals surface area contributed by atoms with Crippen molar-refractivity contribution in [2.45, 2.75) is 43.9 Å². The minimum atomic E-state index is -4.00. The third-order valence-electron chi connectivity index (χ3n) is 6.13. The number of fused-ring (bicyclic) bond motifs is 1. The monoisotopic (exact) mass is 446 g/mol. The normalized spacial score (nSPS) is 17.3. The molecule has 0 aliphatic carbocycles. The Morgan fingerprint density at radius 2 is 1.77 bits per heavy atom. The van der Waals surface area contributed by atoms with Crippen LogP contribution in [0.5, 0.6) is 5.75 Å². The number of nitrogens with zero attached hydrogens (tertiary/aromatic N) is 2. The van der Waals surface area contributed by atoms with Gasteiger partial charge in [0.1, 0.15) is 16.5 Å². The summed E-state index contributed by atoms with van der Waals surface area (Å²) in [6.45, 7) is 3.22. The maximum atomic E-state index is 14.6. The summed E-state index contributed by atoms with van der Waals surface area (Å²) in [6, 6.07) is 7.40.